The predicted molar refractivity (Wildman–Crippen MR) is 92.8 cm³/mol. The largest absolute Gasteiger partial charge is 0.379 e. The number of rotatable bonds is 4. The molecule has 1 atom stereocenters. The highest BCUT2D eigenvalue weighted by Gasteiger charge is 2.26. The number of urea groups is 1. The zero-order valence-electron chi connectivity index (χ0n) is 14.1. The summed E-state index contributed by atoms with van der Waals surface area (Å²) >= 11 is 1.80. The highest BCUT2D eigenvalue weighted by molar-refractivity contribution is 7.10. The van der Waals surface area contributed by atoms with Gasteiger partial charge < -0.3 is 15.0 Å². The molecule has 1 saturated heterocycles. The second kappa shape index (κ2) is 7.64. The lowest BCUT2D eigenvalue weighted by Crippen LogP contribution is -2.53. The number of morpholine rings is 1. The molecule has 5 nitrogen and oxygen atoms in total. The summed E-state index contributed by atoms with van der Waals surface area (Å²) in [6.45, 7) is 10.2. The molecule has 0 spiro atoms. The van der Waals surface area contributed by atoms with E-state index < -0.39 is 0 Å². The molecule has 2 aliphatic rings. The molecule has 6 heteroatoms. The topological polar surface area (TPSA) is 44.8 Å². The first-order valence-electron chi connectivity index (χ1n) is 8.55. The van der Waals surface area contributed by atoms with Gasteiger partial charge in [0.05, 0.1) is 13.2 Å². The molecule has 1 fully saturated rings. The molecule has 3 heterocycles. The monoisotopic (exact) mass is 337 g/mol. The number of carbonyl (C=O) groups excluding carboxylic acids is 1. The fourth-order valence-electron chi connectivity index (χ4n) is 3.42. The smallest absolute Gasteiger partial charge is 0.317 e. The van der Waals surface area contributed by atoms with E-state index in [4.69, 9.17) is 4.74 Å². The highest BCUT2D eigenvalue weighted by Crippen LogP contribution is 2.24. The van der Waals surface area contributed by atoms with E-state index in [-0.39, 0.29) is 6.03 Å². The summed E-state index contributed by atoms with van der Waals surface area (Å²) in [7, 11) is 0. The van der Waals surface area contributed by atoms with Crippen LogP contribution in [0.4, 0.5) is 4.79 Å². The first-order valence-corrected chi connectivity index (χ1v) is 9.43. The van der Waals surface area contributed by atoms with Crippen LogP contribution in [0.2, 0.25) is 0 Å². The third kappa shape index (κ3) is 4.05. The molecular formula is C17H27N3O2S. The van der Waals surface area contributed by atoms with Gasteiger partial charge in [0, 0.05) is 43.6 Å². The van der Waals surface area contributed by atoms with Crippen LogP contribution in [0.25, 0.3) is 0 Å². The number of amides is 2. The Hall–Kier alpha value is -1.11. The van der Waals surface area contributed by atoms with Crippen molar-refractivity contribution in [3.8, 4) is 0 Å². The number of thiophene rings is 1. The van der Waals surface area contributed by atoms with Crippen LogP contribution in [0, 0.1) is 5.92 Å². The van der Waals surface area contributed by atoms with Crippen LogP contribution in [-0.4, -0.2) is 61.3 Å². The Kier molecular flexibility index (Phi) is 5.56. The Morgan fingerprint density at radius 2 is 2.13 bits per heavy atom. The molecule has 0 radical (unpaired) electrons. The van der Waals surface area contributed by atoms with Crippen LogP contribution < -0.4 is 5.32 Å². The minimum Gasteiger partial charge on any atom is -0.379 e. The van der Waals surface area contributed by atoms with Gasteiger partial charge in [-0.15, -0.1) is 11.3 Å². The summed E-state index contributed by atoms with van der Waals surface area (Å²) in [5.74, 6) is 0.512. The third-order valence-corrected chi connectivity index (χ3v) is 5.86. The Labute approximate surface area is 142 Å². The average molecular weight is 337 g/mol. The molecular weight excluding hydrogens is 310 g/mol. The van der Waals surface area contributed by atoms with Crippen LogP contribution in [0.5, 0.6) is 0 Å². The summed E-state index contributed by atoms with van der Waals surface area (Å²) < 4.78 is 5.44. The lowest BCUT2D eigenvalue weighted by molar-refractivity contribution is 0.00691. The predicted octanol–water partition coefficient (Wildman–Crippen LogP) is 2.17. The number of fused-ring (bicyclic) bond motifs is 1. The van der Waals surface area contributed by atoms with Gasteiger partial charge in [0.1, 0.15) is 0 Å². The van der Waals surface area contributed by atoms with E-state index in [9.17, 15) is 4.79 Å². The van der Waals surface area contributed by atoms with E-state index in [0.29, 0.717) is 18.5 Å². The van der Waals surface area contributed by atoms with E-state index in [2.05, 4.69) is 35.5 Å². The summed E-state index contributed by atoms with van der Waals surface area (Å²) in [5.41, 5.74) is 1.31. The lowest BCUT2D eigenvalue weighted by Gasteiger charge is -2.37. The lowest BCUT2D eigenvalue weighted by atomic mass is 10.0. The van der Waals surface area contributed by atoms with E-state index in [0.717, 1.165) is 45.8 Å². The molecule has 128 valence electrons. The van der Waals surface area contributed by atoms with Crippen LogP contribution in [0.3, 0.4) is 0 Å². The molecule has 0 aromatic carbocycles. The quantitative estimate of drug-likeness (QED) is 0.916. The van der Waals surface area contributed by atoms with Crippen molar-refractivity contribution in [3.63, 3.8) is 0 Å². The number of nitrogens with one attached hydrogen (secondary N) is 1. The number of ether oxygens (including phenoxy) is 1. The van der Waals surface area contributed by atoms with E-state index in [1.165, 1.54) is 10.4 Å². The first-order chi connectivity index (χ1) is 11.1. The summed E-state index contributed by atoms with van der Waals surface area (Å²) in [6.07, 6.45) is 0.984. The van der Waals surface area contributed by atoms with Gasteiger partial charge in [-0.3, -0.25) is 4.90 Å². The van der Waals surface area contributed by atoms with Crippen molar-refractivity contribution < 1.29 is 9.53 Å². The maximum atomic E-state index is 12.5. The Bertz CT molecular complexity index is 526. The number of hydrogen-bond donors (Lipinski definition) is 1. The molecule has 3 rings (SSSR count). The normalized spacial score (nSPS) is 20.4. The second-order valence-electron chi connectivity index (χ2n) is 6.69. The van der Waals surface area contributed by atoms with Gasteiger partial charge in [0.2, 0.25) is 0 Å². The van der Waals surface area contributed by atoms with E-state index in [1.54, 1.807) is 11.3 Å². The van der Waals surface area contributed by atoms with Crippen LogP contribution >= 0.6 is 11.3 Å². The zero-order valence-corrected chi connectivity index (χ0v) is 14.9. The molecule has 0 unspecified atom stereocenters. The summed E-state index contributed by atoms with van der Waals surface area (Å²) in [6, 6.07) is 2.59. The average Bonchev–Trinajstić information content (AvgIpc) is 3.03. The van der Waals surface area contributed by atoms with E-state index >= 15 is 0 Å². The van der Waals surface area contributed by atoms with Gasteiger partial charge >= 0.3 is 6.03 Å². The number of nitrogens with zero attached hydrogens (tertiary/aromatic N) is 2. The second-order valence-corrected chi connectivity index (χ2v) is 7.69. The fraction of sp³-hybridized carbons (Fsp3) is 0.706. The van der Waals surface area contributed by atoms with Gasteiger partial charge in [-0.1, -0.05) is 13.8 Å². The minimum absolute atomic E-state index is 0.0701. The molecule has 1 N–H and O–H groups in total. The Morgan fingerprint density at radius 3 is 2.87 bits per heavy atom. The van der Waals surface area contributed by atoms with Crippen molar-refractivity contribution >= 4 is 17.4 Å². The maximum Gasteiger partial charge on any atom is 0.317 e. The molecule has 0 bridgehead atoms. The van der Waals surface area contributed by atoms with Gasteiger partial charge in [0.25, 0.3) is 0 Å². The standard InChI is InChI=1S/C17H27N3O2S/c1-13(2)15(19-6-8-22-9-7-19)11-18-17(21)20-5-3-16-14(12-20)4-10-23-16/h4,10,13,15H,3,5-9,11-12H2,1-2H3,(H,18,21)/t15-/m0/s1. The van der Waals surface area contributed by atoms with Crippen molar-refractivity contribution in [2.75, 3.05) is 39.4 Å². The summed E-state index contributed by atoms with van der Waals surface area (Å²) in [4.78, 5) is 18.3. The van der Waals surface area contributed by atoms with E-state index in [1.807, 2.05) is 4.90 Å². The SMILES string of the molecule is CC(C)[C@H](CNC(=O)N1CCc2sccc2C1)N1CCOCC1. The maximum absolute atomic E-state index is 12.5. The van der Waals surface area contributed by atoms with Gasteiger partial charge in [-0.2, -0.15) is 0 Å². The third-order valence-electron chi connectivity index (χ3n) is 4.84. The zero-order chi connectivity index (χ0) is 16.2. The highest BCUT2D eigenvalue weighted by atomic mass is 32.1. The van der Waals surface area contributed by atoms with Gasteiger partial charge in [0.15, 0.2) is 0 Å². The molecule has 2 aliphatic heterocycles. The van der Waals surface area contributed by atoms with Crippen molar-refractivity contribution in [1.29, 1.82) is 0 Å². The van der Waals surface area contributed by atoms with Crippen LogP contribution in [0.1, 0.15) is 24.3 Å². The Morgan fingerprint density at radius 1 is 1.35 bits per heavy atom. The molecule has 2 amide bonds. The van der Waals surface area contributed by atoms with Crippen molar-refractivity contribution in [1.82, 2.24) is 15.1 Å². The van der Waals surface area contributed by atoms with Gasteiger partial charge in [-0.05, 0) is 29.3 Å². The fourth-order valence-corrected chi connectivity index (χ4v) is 4.31. The van der Waals surface area contributed by atoms with Crippen LogP contribution in [-0.2, 0) is 17.7 Å². The van der Waals surface area contributed by atoms with Crippen molar-refractivity contribution in [3.05, 3.63) is 21.9 Å². The summed E-state index contributed by atoms with van der Waals surface area (Å²) in [5, 5.41) is 5.29. The molecule has 1 aromatic rings. The minimum atomic E-state index is 0.0701. The van der Waals surface area contributed by atoms with Crippen LogP contribution in [0.15, 0.2) is 11.4 Å². The first kappa shape index (κ1) is 16.7. The molecule has 0 saturated carbocycles. The van der Waals surface area contributed by atoms with Crippen molar-refractivity contribution in [2.45, 2.75) is 32.9 Å². The number of hydrogen-bond acceptors (Lipinski definition) is 4. The Balaban J connectivity index is 1.53. The molecule has 1 aromatic heterocycles. The van der Waals surface area contributed by atoms with Crippen molar-refractivity contribution in [2.24, 2.45) is 5.92 Å². The molecule has 23 heavy (non-hydrogen) atoms. The van der Waals surface area contributed by atoms with Gasteiger partial charge in [-0.25, -0.2) is 4.79 Å². The molecule has 0 aliphatic carbocycles. The number of carbonyl (C=O) groups is 1.